The Balaban J connectivity index is 2.34. The van der Waals surface area contributed by atoms with Crippen molar-refractivity contribution in [2.24, 2.45) is 4.99 Å². The summed E-state index contributed by atoms with van der Waals surface area (Å²) in [6.07, 6.45) is 0. The summed E-state index contributed by atoms with van der Waals surface area (Å²) in [4.78, 5) is 28.8. The van der Waals surface area contributed by atoms with Gasteiger partial charge in [0.15, 0.2) is 11.6 Å². The van der Waals surface area contributed by atoms with Crippen molar-refractivity contribution in [3.63, 3.8) is 0 Å². The van der Waals surface area contributed by atoms with E-state index in [9.17, 15) is 19.8 Å². The zero-order chi connectivity index (χ0) is 21.8. The quantitative estimate of drug-likeness (QED) is 0.360. The molecule has 0 aliphatic carbocycles. The summed E-state index contributed by atoms with van der Waals surface area (Å²) < 4.78 is 1.60. The van der Waals surface area contributed by atoms with Gasteiger partial charge in [-0.1, -0.05) is 36.4 Å². The van der Waals surface area contributed by atoms with Crippen LogP contribution in [0.15, 0.2) is 77.0 Å². The molecule has 7 nitrogen and oxygen atoms in total. The molecule has 7 heteroatoms. The number of benzene rings is 2. The minimum atomic E-state index is -1.16. The van der Waals surface area contributed by atoms with Crippen molar-refractivity contribution in [3.05, 3.63) is 88.8 Å². The van der Waals surface area contributed by atoms with Crippen LogP contribution in [0.3, 0.4) is 0 Å². The Hall–Kier alpha value is -4.00. The Bertz CT molecular complexity index is 1170. The number of rotatable bonds is 6. The number of aliphatic hydroxyl groups excluding tert-OH is 1. The van der Waals surface area contributed by atoms with Crippen LogP contribution in [0.2, 0.25) is 0 Å². The van der Waals surface area contributed by atoms with Crippen LogP contribution < -0.4 is 0 Å². The maximum absolute atomic E-state index is 12.4. The Labute approximate surface area is 173 Å². The number of aliphatic imine (C=N–C) groups is 1. The van der Waals surface area contributed by atoms with E-state index in [1.807, 2.05) is 37.3 Å². The molecule has 152 valence electrons. The van der Waals surface area contributed by atoms with Crippen LogP contribution in [0.4, 0.5) is 5.82 Å². The maximum Gasteiger partial charge on any atom is 0.336 e. The highest BCUT2D eigenvalue weighted by Crippen LogP contribution is 2.25. The van der Waals surface area contributed by atoms with Gasteiger partial charge >= 0.3 is 5.97 Å². The number of allylic oxidation sites excluding steroid dienone is 2. The molecule has 2 aromatic carbocycles. The predicted molar refractivity (Wildman–Crippen MR) is 114 cm³/mol. The predicted octanol–water partition coefficient (Wildman–Crippen LogP) is 4.42. The molecule has 0 saturated heterocycles. The summed E-state index contributed by atoms with van der Waals surface area (Å²) in [7, 11) is 0. The van der Waals surface area contributed by atoms with E-state index in [0.29, 0.717) is 11.5 Å². The highest BCUT2D eigenvalue weighted by molar-refractivity contribution is 6.30. The number of hydrogen-bond donors (Lipinski definition) is 2. The molecule has 3 aromatic rings. The van der Waals surface area contributed by atoms with E-state index >= 15 is 0 Å². The molecule has 0 bridgehead atoms. The summed E-state index contributed by atoms with van der Waals surface area (Å²) >= 11 is 0. The van der Waals surface area contributed by atoms with Gasteiger partial charge in [-0.25, -0.2) is 14.5 Å². The van der Waals surface area contributed by atoms with Gasteiger partial charge in [0.2, 0.25) is 0 Å². The number of aryl methyl sites for hydroxylation is 1. The van der Waals surface area contributed by atoms with E-state index in [1.54, 1.807) is 28.9 Å². The molecule has 0 spiro atoms. The lowest BCUT2D eigenvalue weighted by molar-refractivity contribution is -0.113. The first-order chi connectivity index (χ1) is 14.3. The highest BCUT2D eigenvalue weighted by Gasteiger charge is 2.23. The van der Waals surface area contributed by atoms with E-state index < -0.39 is 11.8 Å². The Kier molecular flexibility index (Phi) is 5.92. The van der Waals surface area contributed by atoms with E-state index in [2.05, 4.69) is 10.1 Å². The molecule has 3 rings (SSSR count). The number of carbonyl (C=O) groups excluding carboxylic acids is 1. The van der Waals surface area contributed by atoms with Crippen LogP contribution in [0.25, 0.3) is 5.69 Å². The normalized spacial score (nSPS) is 12.4. The number of aliphatic hydroxyl groups is 1. The minimum absolute atomic E-state index is 0.0289. The second-order valence-corrected chi connectivity index (χ2v) is 6.72. The summed E-state index contributed by atoms with van der Waals surface area (Å²) in [6.45, 7) is 4.48. The Morgan fingerprint density at radius 2 is 1.53 bits per heavy atom. The van der Waals surface area contributed by atoms with Gasteiger partial charge in [-0.3, -0.25) is 4.79 Å². The first-order valence-electron chi connectivity index (χ1n) is 9.24. The van der Waals surface area contributed by atoms with Gasteiger partial charge in [-0.05, 0) is 39.0 Å². The molecular weight excluding hydrogens is 382 g/mol. The van der Waals surface area contributed by atoms with Crippen LogP contribution in [-0.2, 0) is 4.79 Å². The van der Waals surface area contributed by atoms with Gasteiger partial charge in [0, 0.05) is 11.6 Å². The smallest absolute Gasteiger partial charge is 0.336 e. The van der Waals surface area contributed by atoms with Crippen molar-refractivity contribution in [2.75, 3.05) is 0 Å². The van der Waals surface area contributed by atoms with Gasteiger partial charge in [0.25, 0.3) is 0 Å². The number of Topliss-reactive ketones (excluding diaryl/α,β-unsaturated/α-hetero) is 1. The van der Waals surface area contributed by atoms with E-state index in [4.69, 9.17) is 0 Å². The molecule has 0 saturated carbocycles. The number of carbonyl (C=O) groups is 2. The van der Waals surface area contributed by atoms with Crippen LogP contribution in [0.5, 0.6) is 0 Å². The topological polar surface area (TPSA) is 105 Å². The average Bonchev–Trinajstić information content (AvgIpc) is 3.07. The molecule has 1 aromatic heterocycles. The fourth-order valence-corrected chi connectivity index (χ4v) is 3.16. The minimum Gasteiger partial charge on any atom is -0.512 e. The summed E-state index contributed by atoms with van der Waals surface area (Å²) in [5, 5.41) is 24.3. The zero-order valence-corrected chi connectivity index (χ0v) is 16.8. The third kappa shape index (κ3) is 4.20. The molecule has 0 fully saturated rings. The molecule has 0 amide bonds. The molecule has 0 unspecified atom stereocenters. The lowest BCUT2D eigenvalue weighted by Gasteiger charge is -2.13. The first-order valence-corrected chi connectivity index (χ1v) is 9.24. The number of carboxylic acids is 1. The van der Waals surface area contributed by atoms with Crippen LogP contribution in [-0.4, -0.2) is 37.5 Å². The van der Waals surface area contributed by atoms with Crippen molar-refractivity contribution in [2.45, 2.75) is 20.8 Å². The first kappa shape index (κ1) is 20.7. The lowest BCUT2D eigenvalue weighted by atomic mass is 9.94. The standard InChI is InChI=1S/C23H21N3O4/c1-14-13-20(26(25-14)17-9-5-4-6-10-17)24-22(21(15(2)27)16(3)28)18-11-7-8-12-19(18)23(29)30/h4-13,27H,1-3H3,(H,29,30)/b21-15-,24-22+. The molecule has 0 aliphatic heterocycles. The monoisotopic (exact) mass is 403 g/mol. The Morgan fingerprint density at radius 1 is 0.933 bits per heavy atom. The second-order valence-electron chi connectivity index (χ2n) is 6.72. The van der Waals surface area contributed by atoms with E-state index in [-0.39, 0.29) is 28.2 Å². The number of aromatic nitrogens is 2. The van der Waals surface area contributed by atoms with Crippen molar-refractivity contribution in [1.29, 1.82) is 0 Å². The largest absolute Gasteiger partial charge is 0.512 e. The lowest BCUT2D eigenvalue weighted by Crippen LogP contribution is -2.18. The molecule has 30 heavy (non-hydrogen) atoms. The summed E-state index contributed by atoms with van der Waals surface area (Å²) in [5.41, 5.74) is 1.66. The van der Waals surface area contributed by atoms with Crippen molar-refractivity contribution in [1.82, 2.24) is 9.78 Å². The number of carboxylic acid groups (broad SMARTS) is 1. The van der Waals surface area contributed by atoms with Crippen molar-refractivity contribution in [3.8, 4) is 5.69 Å². The van der Waals surface area contributed by atoms with Crippen LogP contribution >= 0.6 is 0 Å². The maximum atomic E-state index is 12.4. The van der Waals surface area contributed by atoms with Crippen LogP contribution in [0.1, 0.15) is 35.5 Å². The van der Waals surface area contributed by atoms with Gasteiger partial charge in [0.05, 0.1) is 28.2 Å². The van der Waals surface area contributed by atoms with E-state index in [1.165, 1.54) is 19.9 Å². The molecule has 0 aliphatic rings. The zero-order valence-electron chi connectivity index (χ0n) is 16.8. The molecule has 1 heterocycles. The Morgan fingerprint density at radius 3 is 2.10 bits per heavy atom. The molecular formula is C23H21N3O4. The molecule has 0 atom stereocenters. The third-order valence-corrected chi connectivity index (χ3v) is 4.40. The van der Waals surface area contributed by atoms with E-state index in [0.717, 1.165) is 5.69 Å². The molecule has 2 N–H and O–H groups in total. The fourth-order valence-electron chi connectivity index (χ4n) is 3.16. The van der Waals surface area contributed by atoms with Crippen LogP contribution in [0, 0.1) is 6.92 Å². The third-order valence-electron chi connectivity index (χ3n) is 4.40. The van der Waals surface area contributed by atoms with Crippen molar-refractivity contribution >= 4 is 23.3 Å². The number of nitrogens with zero attached hydrogens (tertiary/aromatic N) is 3. The van der Waals surface area contributed by atoms with Gasteiger partial charge in [0.1, 0.15) is 5.76 Å². The average molecular weight is 403 g/mol. The number of aromatic carboxylic acids is 1. The SMILES string of the molecule is CC(=O)C(/C(=N/c1cc(C)nn1-c1ccccc1)c1ccccc1C(=O)O)=C(\C)O. The number of para-hydroxylation sites is 1. The summed E-state index contributed by atoms with van der Waals surface area (Å²) in [6, 6.07) is 17.3. The summed E-state index contributed by atoms with van der Waals surface area (Å²) in [5.74, 6) is -1.45. The number of hydrogen-bond acceptors (Lipinski definition) is 5. The highest BCUT2D eigenvalue weighted by atomic mass is 16.4. The number of ketones is 1. The fraction of sp³-hybridized carbons (Fsp3) is 0.130. The second kappa shape index (κ2) is 8.57. The van der Waals surface area contributed by atoms with Gasteiger partial charge in [-0.2, -0.15) is 5.10 Å². The van der Waals surface area contributed by atoms with Gasteiger partial charge < -0.3 is 10.2 Å². The molecule has 0 radical (unpaired) electrons. The van der Waals surface area contributed by atoms with Crippen molar-refractivity contribution < 1.29 is 19.8 Å². The van der Waals surface area contributed by atoms with Gasteiger partial charge in [-0.15, -0.1) is 0 Å².